The second-order valence-electron chi connectivity index (χ2n) is 5.14. The molecule has 0 aliphatic rings. The van der Waals surface area contributed by atoms with Gasteiger partial charge in [-0.15, -0.1) is 0 Å². The van der Waals surface area contributed by atoms with Crippen LogP contribution < -0.4 is 9.62 Å². The molecule has 20 heavy (non-hydrogen) atoms. The van der Waals surface area contributed by atoms with Gasteiger partial charge in [-0.2, -0.15) is 0 Å². The van der Waals surface area contributed by atoms with Gasteiger partial charge in [0.15, 0.2) is 0 Å². The Balaban J connectivity index is 2.70. The average Bonchev–Trinajstić information content (AvgIpc) is 2.35. The van der Waals surface area contributed by atoms with E-state index in [1.807, 2.05) is 0 Å². The number of carbonyl (C=O) groups is 1. The Bertz CT molecular complexity index is 527. The van der Waals surface area contributed by atoms with E-state index in [0.717, 1.165) is 17.0 Å². The summed E-state index contributed by atoms with van der Waals surface area (Å²) in [5.74, 6) is 0.204. The van der Waals surface area contributed by atoms with Crippen LogP contribution >= 0.6 is 0 Å². The third kappa shape index (κ3) is 5.61. The first-order chi connectivity index (χ1) is 9.30. The number of benzene rings is 1. The highest BCUT2D eigenvalue weighted by molar-refractivity contribution is 7.92. The summed E-state index contributed by atoms with van der Waals surface area (Å²) >= 11 is 0. The number of nitrogens with one attached hydrogen (secondary N) is 1. The van der Waals surface area contributed by atoms with E-state index >= 15 is 0 Å². The molecule has 0 aliphatic carbocycles. The van der Waals surface area contributed by atoms with Crippen molar-refractivity contribution in [1.29, 1.82) is 0 Å². The van der Waals surface area contributed by atoms with Gasteiger partial charge in [0.05, 0.1) is 11.9 Å². The first kappa shape index (κ1) is 16.5. The van der Waals surface area contributed by atoms with E-state index < -0.39 is 10.0 Å². The first-order valence-electron chi connectivity index (χ1n) is 6.60. The number of amides is 1. The Morgan fingerprint density at radius 3 is 2.35 bits per heavy atom. The largest absolute Gasteiger partial charge is 0.355 e. The summed E-state index contributed by atoms with van der Waals surface area (Å²) < 4.78 is 24.7. The van der Waals surface area contributed by atoms with Crippen LogP contribution in [-0.2, 0) is 14.8 Å². The predicted molar refractivity (Wildman–Crippen MR) is 81.1 cm³/mol. The van der Waals surface area contributed by atoms with Crippen LogP contribution in [0.1, 0.15) is 20.3 Å². The van der Waals surface area contributed by atoms with E-state index in [4.69, 9.17) is 0 Å². The average molecular weight is 298 g/mol. The summed E-state index contributed by atoms with van der Waals surface area (Å²) in [5.41, 5.74) is 0.494. The topological polar surface area (TPSA) is 66.5 Å². The fourth-order valence-electron chi connectivity index (χ4n) is 1.68. The standard InChI is InChI=1S/C14H22N2O3S/c1-12(2)9-10-15-14(17)11-16(20(3,18)19)13-7-5-4-6-8-13/h4-8,12H,9-11H2,1-3H3,(H,15,17). The van der Waals surface area contributed by atoms with E-state index in [2.05, 4.69) is 19.2 Å². The zero-order valence-corrected chi connectivity index (χ0v) is 13.0. The van der Waals surface area contributed by atoms with Crippen LogP contribution in [0.2, 0.25) is 0 Å². The Morgan fingerprint density at radius 1 is 1.25 bits per heavy atom. The van der Waals surface area contributed by atoms with Gasteiger partial charge >= 0.3 is 0 Å². The van der Waals surface area contributed by atoms with E-state index in [1.165, 1.54) is 0 Å². The second kappa shape index (κ2) is 7.28. The molecule has 0 heterocycles. The summed E-state index contributed by atoms with van der Waals surface area (Å²) in [6, 6.07) is 8.62. The van der Waals surface area contributed by atoms with Crippen molar-refractivity contribution in [3.05, 3.63) is 30.3 Å². The molecule has 5 nitrogen and oxygen atoms in total. The van der Waals surface area contributed by atoms with Gasteiger partial charge in [-0.1, -0.05) is 32.0 Å². The molecule has 1 aromatic carbocycles. The molecule has 1 N–H and O–H groups in total. The number of nitrogens with zero attached hydrogens (tertiary/aromatic N) is 1. The fraction of sp³-hybridized carbons (Fsp3) is 0.500. The Labute approximate surface area is 121 Å². The molecule has 0 saturated carbocycles. The minimum atomic E-state index is -3.48. The van der Waals surface area contributed by atoms with Crippen molar-refractivity contribution in [2.45, 2.75) is 20.3 Å². The molecule has 0 fully saturated rings. The Kier molecular flexibility index (Phi) is 6.01. The molecule has 0 spiro atoms. The van der Waals surface area contributed by atoms with Crippen molar-refractivity contribution < 1.29 is 13.2 Å². The molecule has 0 aromatic heterocycles. The maximum Gasteiger partial charge on any atom is 0.240 e. The fourth-order valence-corrected chi connectivity index (χ4v) is 2.54. The summed E-state index contributed by atoms with van der Waals surface area (Å²) in [7, 11) is -3.48. The van der Waals surface area contributed by atoms with Gasteiger partial charge in [-0.05, 0) is 24.5 Å². The van der Waals surface area contributed by atoms with Crippen LogP contribution in [0, 0.1) is 5.92 Å². The van der Waals surface area contributed by atoms with Crippen LogP contribution in [0.25, 0.3) is 0 Å². The number of anilines is 1. The van der Waals surface area contributed by atoms with Crippen LogP contribution in [0.15, 0.2) is 30.3 Å². The monoisotopic (exact) mass is 298 g/mol. The van der Waals surface area contributed by atoms with Gasteiger partial charge in [-0.3, -0.25) is 9.10 Å². The summed E-state index contributed by atoms with van der Waals surface area (Å²) in [5, 5.41) is 2.74. The molecule has 0 radical (unpaired) electrons. The number of hydrogen-bond donors (Lipinski definition) is 1. The number of hydrogen-bond acceptors (Lipinski definition) is 3. The van der Waals surface area contributed by atoms with Gasteiger partial charge in [0.25, 0.3) is 0 Å². The summed E-state index contributed by atoms with van der Waals surface area (Å²) in [6.45, 7) is 4.50. The van der Waals surface area contributed by atoms with Crippen LogP contribution in [0.3, 0.4) is 0 Å². The molecule has 0 unspecified atom stereocenters. The Hall–Kier alpha value is -1.56. The van der Waals surface area contributed by atoms with E-state index in [1.54, 1.807) is 30.3 Å². The van der Waals surface area contributed by atoms with Crippen molar-refractivity contribution in [3.63, 3.8) is 0 Å². The highest BCUT2D eigenvalue weighted by Crippen LogP contribution is 2.16. The van der Waals surface area contributed by atoms with Crippen LogP contribution in [-0.4, -0.2) is 33.7 Å². The molecule has 6 heteroatoms. The maximum atomic E-state index is 11.8. The number of carbonyl (C=O) groups excluding carboxylic acids is 1. The van der Waals surface area contributed by atoms with E-state index in [9.17, 15) is 13.2 Å². The third-order valence-corrected chi connectivity index (χ3v) is 3.92. The number of rotatable bonds is 7. The SMILES string of the molecule is CC(C)CCNC(=O)CN(c1ccccc1)S(C)(=O)=O. The minimum Gasteiger partial charge on any atom is -0.355 e. The van der Waals surface area contributed by atoms with E-state index in [0.29, 0.717) is 18.2 Å². The molecule has 0 atom stereocenters. The lowest BCUT2D eigenvalue weighted by Gasteiger charge is -2.21. The lowest BCUT2D eigenvalue weighted by Crippen LogP contribution is -2.40. The summed E-state index contributed by atoms with van der Waals surface area (Å²) in [4.78, 5) is 11.8. The maximum absolute atomic E-state index is 11.8. The van der Waals surface area contributed by atoms with Gasteiger partial charge in [-0.25, -0.2) is 8.42 Å². The quantitative estimate of drug-likeness (QED) is 0.831. The van der Waals surface area contributed by atoms with Crippen molar-refractivity contribution in [1.82, 2.24) is 5.32 Å². The van der Waals surface area contributed by atoms with Gasteiger partial charge in [0, 0.05) is 6.54 Å². The lowest BCUT2D eigenvalue weighted by molar-refractivity contribution is -0.119. The second-order valence-corrected chi connectivity index (χ2v) is 7.04. The van der Waals surface area contributed by atoms with E-state index in [-0.39, 0.29) is 12.5 Å². The molecule has 1 rings (SSSR count). The van der Waals surface area contributed by atoms with Crippen molar-refractivity contribution in [2.24, 2.45) is 5.92 Å². The Morgan fingerprint density at radius 2 is 1.85 bits per heavy atom. The number of sulfonamides is 1. The molecule has 0 aliphatic heterocycles. The third-order valence-electron chi connectivity index (χ3n) is 2.78. The lowest BCUT2D eigenvalue weighted by atomic mass is 10.1. The first-order valence-corrected chi connectivity index (χ1v) is 8.45. The molecule has 1 amide bonds. The molecule has 0 saturated heterocycles. The zero-order valence-electron chi connectivity index (χ0n) is 12.2. The van der Waals surface area contributed by atoms with Gasteiger partial charge in [0.1, 0.15) is 6.54 Å². The molecule has 1 aromatic rings. The molecule has 112 valence electrons. The van der Waals surface area contributed by atoms with Crippen molar-refractivity contribution >= 4 is 21.6 Å². The highest BCUT2D eigenvalue weighted by atomic mass is 32.2. The van der Waals surface area contributed by atoms with Gasteiger partial charge in [0.2, 0.25) is 15.9 Å². The predicted octanol–water partition coefficient (Wildman–Crippen LogP) is 1.61. The number of para-hydroxylation sites is 1. The van der Waals surface area contributed by atoms with Crippen molar-refractivity contribution in [3.8, 4) is 0 Å². The smallest absolute Gasteiger partial charge is 0.240 e. The van der Waals surface area contributed by atoms with Crippen LogP contribution in [0.4, 0.5) is 5.69 Å². The molecular formula is C14H22N2O3S. The molecular weight excluding hydrogens is 276 g/mol. The highest BCUT2D eigenvalue weighted by Gasteiger charge is 2.20. The van der Waals surface area contributed by atoms with Crippen molar-refractivity contribution in [2.75, 3.05) is 23.7 Å². The minimum absolute atomic E-state index is 0.194. The van der Waals surface area contributed by atoms with Gasteiger partial charge < -0.3 is 5.32 Å². The summed E-state index contributed by atoms with van der Waals surface area (Å²) in [6.07, 6.45) is 1.97. The molecule has 0 bridgehead atoms. The zero-order chi connectivity index (χ0) is 15.2. The van der Waals surface area contributed by atoms with Crippen LogP contribution in [0.5, 0.6) is 0 Å². The normalized spacial score (nSPS) is 11.4.